The highest BCUT2D eigenvalue weighted by Crippen LogP contribution is 2.29. The molecule has 3 rings (SSSR count). The van der Waals surface area contributed by atoms with Gasteiger partial charge in [-0.05, 0) is 29.8 Å². The first-order valence-corrected chi connectivity index (χ1v) is 11.1. The highest BCUT2D eigenvalue weighted by atomic mass is 32.2. The van der Waals surface area contributed by atoms with Gasteiger partial charge in [0, 0.05) is 10.6 Å². The van der Waals surface area contributed by atoms with Gasteiger partial charge in [-0.15, -0.1) is 22.0 Å². The van der Waals surface area contributed by atoms with Crippen LogP contribution in [-0.4, -0.2) is 34.9 Å². The van der Waals surface area contributed by atoms with Gasteiger partial charge >= 0.3 is 5.97 Å². The molecule has 10 heteroatoms. The van der Waals surface area contributed by atoms with Crippen molar-refractivity contribution in [2.75, 3.05) is 18.2 Å². The average Bonchev–Trinajstić information content (AvgIpc) is 3.18. The van der Waals surface area contributed by atoms with Gasteiger partial charge in [-0.3, -0.25) is 10.1 Å². The van der Waals surface area contributed by atoms with E-state index in [0.29, 0.717) is 25.7 Å². The first-order chi connectivity index (χ1) is 14.0. The van der Waals surface area contributed by atoms with E-state index in [9.17, 15) is 14.0 Å². The minimum Gasteiger partial charge on any atom is -0.465 e. The van der Waals surface area contributed by atoms with Gasteiger partial charge in [0.1, 0.15) is 5.82 Å². The number of nitrogens with zero attached hydrogens (tertiary/aromatic N) is 2. The van der Waals surface area contributed by atoms with Gasteiger partial charge in [-0.1, -0.05) is 47.4 Å². The first kappa shape index (κ1) is 21.3. The largest absolute Gasteiger partial charge is 0.465 e. The van der Waals surface area contributed by atoms with Crippen molar-refractivity contribution in [3.8, 4) is 0 Å². The zero-order valence-corrected chi connectivity index (χ0v) is 17.7. The number of hydrogen-bond donors (Lipinski definition) is 1. The van der Waals surface area contributed by atoms with Crippen LogP contribution in [0.4, 0.5) is 9.52 Å². The molecule has 1 aromatic heterocycles. The maximum absolute atomic E-state index is 13.6. The van der Waals surface area contributed by atoms with Gasteiger partial charge in [0.05, 0.1) is 18.4 Å². The molecule has 150 valence electrons. The summed E-state index contributed by atoms with van der Waals surface area (Å²) in [7, 11) is 1.34. The molecule has 0 saturated heterocycles. The summed E-state index contributed by atoms with van der Waals surface area (Å²) in [6.45, 7) is 0. The summed E-state index contributed by atoms with van der Waals surface area (Å²) in [6.07, 6.45) is 0. The molecule has 0 saturated carbocycles. The quantitative estimate of drug-likeness (QED) is 0.308. The van der Waals surface area contributed by atoms with E-state index in [1.54, 1.807) is 30.3 Å². The van der Waals surface area contributed by atoms with E-state index in [1.165, 1.54) is 36.3 Å². The van der Waals surface area contributed by atoms with Crippen molar-refractivity contribution in [2.24, 2.45) is 0 Å². The zero-order chi connectivity index (χ0) is 20.6. The summed E-state index contributed by atoms with van der Waals surface area (Å²) >= 11 is 3.87. The molecule has 1 amide bonds. The number of methoxy groups -OCH3 is 1. The molecular weight excluding hydrogens is 433 g/mol. The number of benzene rings is 2. The van der Waals surface area contributed by atoms with Crippen LogP contribution < -0.4 is 5.32 Å². The van der Waals surface area contributed by atoms with Crippen LogP contribution in [0, 0.1) is 5.82 Å². The van der Waals surface area contributed by atoms with Crippen LogP contribution in [0.5, 0.6) is 0 Å². The van der Waals surface area contributed by atoms with Gasteiger partial charge in [0.15, 0.2) is 4.34 Å². The maximum Gasteiger partial charge on any atom is 0.337 e. The van der Waals surface area contributed by atoms with E-state index >= 15 is 0 Å². The summed E-state index contributed by atoms with van der Waals surface area (Å²) in [6, 6.07) is 13.4. The molecule has 0 fully saturated rings. The van der Waals surface area contributed by atoms with Crippen LogP contribution in [-0.2, 0) is 15.3 Å². The third-order valence-corrected chi connectivity index (χ3v) is 6.68. The number of thioether (sulfide) groups is 2. The lowest BCUT2D eigenvalue weighted by Crippen LogP contribution is -2.13. The third-order valence-electron chi connectivity index (χ3n) is 3.59. The summed E-state index contributed by atoms with van der Waals surface area (Å²) < 4.78 is 19.0. The van der Waals surface area contributed by atoms with Crippen molar-refractivity contribution in [3.63, 3.8) is 0 Å². The number of carbonyl (C=O) groups is 2. The molecule has 1 heterocycles. The number of halogens is 1. The number of aromatic nitrogens is 2. The number of rotatable bonds is 8. The Hall–Kier alpha value is -2.43. The van der Waals surface area contributed by atoms with Crippen molar-refractivity contribution < 1.29 is 18.7 Å². The summed E-state index contributed by atoms with van der Waals surface area (Å²) in [5.74, 6) is -0.270. The molecule has 2 aromatic carbocycles. The van der Waals surface area contributed by atoms with Crippen LogP contribution >= 0.6 is 34.9 Å². The van der Waals surface area contributed by atoms with E-state index in [-0.39, 0.29) is 23.4 Å². The second-order valence-electron chi connectivity index (χ2n) is 5.62. The Morgan fingerprint density at radius 1 is 1.10 bits per heavy atom. The lowest BCUT2D eigenvalue weighted by atomic mass is 10.1. The topological polar surface area (TPSA) is 81.2 Å². The monoisotopic (exact) mass is 449 g/mol. The molecule has 6 nitrogen and oxygen atoms in total. The van der Waals surface area contributed by atoms with E-state index in [1.807, 2.05) is 12.1 Å². The number of nitrogens with one attached hydrogen (secondary N) is 1. The summed E-state index contributed by atoms with van der Waals surface area (Å²) in [4.78, 5) is 23.9. The molecule has 1 N–H and O–H groups in total. The number of carbonyl (C=O) groups excluding carboxylic acids is 2. The lowest BCUT2D eigenvalue weighted by molar-refractivity contribution is -0.113. The van der Waals surface area contributed by atoms with Crippen molar-refractivity contribution in [3.05, 3.63) is 65.5 Å². The van der Waals surface area contributed by atoms with Crippen molar-refractivity contribution in [1.82, 2.24) is 10.2 Å². The second-order valence-corrected chi connectivity index (χ2v) is 8.83. The molecule has 0 spiro atoms. The Morgan fingerprint density at radius 3 is 2.59 bits per heavy atom. The van der Waals surface area contributed by atoms with Gasteiger partial charge < -0.3 is 4.74 Å². The number of anilines is 1. The van der Waals surface area contributed by atoms with E-state index in [2.05, 4.69) is 20.3 Å². The van der Waals surface area contributed by atoms with Crippen LogP contribution in [0.25, 0.3) is 0 Å². The Morgan fingerprint density at radius 2 is 1.86 bits per heavy atom. The fourth-order valence-electron chi connectivity index (χ4n) is 2.18. The fourth-order valence-corrected chi connectivity index (χ4v) is 4.64. The zero-order valence-electron chi connectivity index (χ0n) is 15.3. The molecule has 3 aromatic rings. The minimum atomic E-state index is -0.373. The summed E-state index contributed by atoms with van der Waals surface area (Å²) in [5.41, 5.74) is 1.51. The second kappa shape index (κ2) is 10.4. The van der Waals surface area contributed by atoms with Crippen LogP contribution in [0.1, 0.15) is 15.9 Å². The summed E-state index contributed by atoms with van der Waals surface area (Å²) in [5, 5.41) is 11.1. The molecule has 0 radical (unpaired) electrons. The van der Waals surface area contributed by atoms with Crippen LogP contribution in [0.3, 0.4) is 0 Å². The SMILES string of the molecule is COC(=O)c1ccc(CSc2nnc(NC(=O)CSc3ccccc3F)s2)cc1. The van der Waals surface area contributed by atoms with E-state index in [4.69, 9.17) is 0 Å². The Bertz CT molecular complexity index is 996. The minimum absolute atomic E-state index is 0.0789. The maximum atomic E-state index is 13.6. The first-order valence-electron chi connectivity index (χ1n) is 8.36. The smallest absolute Gasteiger partial charge is 0.337 e. The third kappa shape index (κ3) is 6.28. The van der Waals surface area contributed by atoms with Crippen molar-refractivity contribution in [1.29, 1.82) is 0 Å². The molecule has 0 bridgehead atoms. The molecule has 0 atom stereocenters. The van der Waals surface area contributed by atoms with Gasteiger partial charge in [-0.25, -0.2) is 9.18 Å². The number of amides is 1. The Labute approximate surface area is 179 Å². The lowest BCUT2D eigenvalue weighted by Gasteiger charge is -2.02. The Balaban J connectivity index is 1.47. The van der Waals surface area contributed by atoms with E-state index < -0.39 is 0 Å². The van der Waals surface area contributed by atoms with Gasteiger partial charge in [-0.2, -0.15) is 0 Å². The molecule has 0 aliphatic rings. The molecular formula is C19H16FN3O3S3. The predicted octanol–water partition coefficient (Wildman–Crippen LogP) is 4.49. The predicted molar refractivity (Wildman–Crippen MR) is 113 cm³/mol. The van der Waals surface area contributed by atoms with Crippen molar-refractivity contribution >= 4 is 51.9 Å². The highest BCUT2D eigenvalue weighted by molar-refractivity contribution is 8.00. The molecule has 0 unspecified atom stereocenters. The normalized spacial score (nSPS) is 10.6. The fraction of sp³-hybridized carbons (Fsp3) is 0.158. The molecule has 0 aliphatic carbocycles. The van der Waals surface area contributed by atoms with Gasteiger partial charge in [0.2, 0.25) is 11.0 Å². The van der Waals surface area contributed by atoms with Crippen LogP contribution in [0.15, 0.2) is 57.8 Å². The van der Waals surface area contributed by atoms with E-state index in [0.717, 1.165) is 17.3 Å². The number of esters is 1. The molecule has 0 aliphatic heterocycles. The average molecular weight is 450 g/mol. The Kier molecular flexibility index (Phi) is 7.62. The standard InChI is InChI=1S/C19H16FN3O3S3/c1-26-17(25)13-8-6-12(7-9-13)10-28-19-23-22-18(29-19)21-16(24)11-27-15-5-3-2-4-14(15)20/h2-9H,10-11H2,1H3,(H,21,22,24). The van der Waals surface area contributed by atoms with Crippen molar-refractivity contribution in [2.45, 2.75) is 15.0 Å². The molecule has 29 heavy (non-hydrogen) atoms. The number of hydrogen-bond acceptors (Lipinski definition) is 8. The number of ether oxygens (including phenoxy) is 1. The van der Waals surface area contributed by atoms with Crippen LogP contribution in [0.2, 0.25) is 0 Å². The highest BCUT2D eigenvalue weighted by Gasteiger charge is 2.11. The van der Waals surface area contributed by atoms with Gasteiger partial charge in [0.25, 0.3) is 0 Å².